The van der Waals surface area contributed by atoms with Crippen LogP contribution in [0.1, 0.15) is 18.4 Å². The second kappa shape index (κ2) is 6.57. The minimum Gasteiger partial charge on any atom is -0.487 e. The molecule has 0 aliphatic carbocycles. The number of nitrogens with two attached hydrogens (primary N) is 1. The Bertz CT molecular complexity index is 426. The molecular formula is C15H23N2O2+. The zero-order chi connectivity index (χ0) is 13.7. The second-order valence-corrected chi connectivity index (χ2v) is 5.29. The molecule has 1 aliphatic heterocycles. The van der Waals surface area contributed by atoms with E-state index in [2.05, 4.69) is 13.0 Å². The molecule has 0 saturated carbocycles. The van der Waals surface area contributed by atoms with E-state index in [4.69, 9.17) is 10.5 Å². The smallest absolute Gasteiger partial charge is 0.220 e. The molecule has 1 amide bonds. The van der Waals surface area contributed by atoms with Crippen LogP contribution in [0.2, 0.25) is 0 Å². The molecule has 0 bridgehead atoms. The van der Waals surface area contributed by atoms with Crippen molar-refractivity contribution in [3.05, 3.63) is 29.8 Å². The number of hydrogen-bond donors (Lipinski definition) is 2. The molecule has 1 aliphatic rings. The summed E-state index contributed by atoms with van der Waals surface area (Å²) in [6.45, 7) is 5.80. The highest BCUT2D eigenvalue weighted by Crippen LogP contribution is 2.15. The average Bonchev–Trinajstić information content (AvgIpc) is 2.41. The summed E-state index contributed by atoms with van der Waals surface area (Å²) in [6, 6.07) is 8.07. The van der Waals surface area contributed by atoms with E-state index in [1.807, 2.05) is 18.2 Å². The molecule has 104 valence electrons. The van der Waals surface area contributed by atoms with Gasteiger partial charge in [-0.1, -0.05) is 18.2 Å². The van der Waals surface area contributed by atoms with Gasteiger partial charge < -0.3 is 15.4 Å². The van der Waals surface area contributed by atoms with Crippen LogP contribution in [0.15, 0.2) is 24.3 Å². The summed E-state index contributed by atoms with van der Waals surface area (Å²) >= 11 is 0. The van der Waals surface area contributed by atoms with Crippen LogP contribution in [0, 0.1) is 12.8 Å². The molecule has 1 fully saturated rings. The maximum absolute atomic E-state index is 11.1. The largest absolute Gasteiger partial charge is 0.487 e. The van der Waals surface area contributed by atoms with E-state index < -0.39 is 0 Å². The van der Waals surface area contributed by atoms with Gasteiger partial charge in [-0.05, 0) is 18.6 Å². The molecule has 0 aromatic heterocycles. The first-order valence-corrected chi connectivity index (χ1v) is 6.98. The molecule has 4 heteroatoms. The second-order valence-electron chi connectivity index (χ2n) is 5.29. The van der Waals surface area contributed by atoms with Crippen LogP contribution in [-0.4, -0.2) is 32.1 Å². The van der Waals surface area contributed by atoms with Gasteiger partial charge in [0.1, 0.15) is 18.9 Å². The van der Waals surface area contributed by atoms with E-state index >= 15 is 0 Å². The Hall–Kier alpha value is -1.55. The molecule has 2 rings (SSSR count). The monoisotopic (exact) mass is 263 g/mol. The third-order valence-corrected chi connectivity index (χ3v) is 3.90. The summed E-state index contributed by atoms with van der Waals surface area (Å²) in [7, 11) is 0. The van der Waals surface area contributed by atoms with Crippen LogP contribution in [0.5, 0.6) is 5.75 Å². The number of likely N-dealkylation sites (tertiary alicyclic amines) is 1. The number of carbonyl (C=O) groups excluding carboxylic acids is 1. The number of nitrogens with one attached hydrogen (secondary N) is 1. The third-order valence-electron chi connectivity index (χ3n) is 3.90. The normalized spacial score (nSPS) is 23.0. The maximum atomic E-state index is 11.1. The van der Waals surface area contributed by atoms with Crippen LogP contribution in [-0.2, 0) is 4.79 Å². The number of quaternary nitrogens is 1. The quantitative estimate of drug-likeness (QED) is 0.795. The van der Waals surface area contributed by atoms with E-state index in [9.17, 15) is 4.79 Å². The number of benzene rings is 1. The zero-order valence-electron chi connectivity index (χ0n) is 11.5. The standard InChI is InChI=1S/C15H22N2O2/c1-12-4-2-3-5-14(12)19-11-10-17-8-6-13(7-9-17)15(16)18/h2-5,13H,6-11H2,1H3,(H2,16,18)/p+1. The highest BCUT2D eigenvalue weighted by Gasteiger charge is 2.25. The fraction of sp³-hybridized carbons (Fsp3) is 0.533. The van der Waals surface area contributed by atoms with Crippen LogP contribution < -0.4 is 15.4 Å². The molecule has 1 saturated heterocycles. The Labute approximate surface area is 114 Å². The minimum atomic E-state index is -0.143. The molecule has 0 spiro atoms. The fourth-order valence-corrected chi connectivity index (χ4v) is 2.58. The molecular weight excluding hydrogens is 240 g/mol. The van der Waals surface area contributed by atoms with Crippen molar-refractivity contribution in [1.29, 1.82) is 0 Å². The topological polar surface area (TPSA) is 56.8 Å². The number of carbonyl (C=O) groups is 1. The van der Waals surface area contributed by atoms with Crippen LogP contribution in [0.4, 0.5) is 0 Å². The van der Waals surface area contributed by atoms with Crippen molar-refractivity contribution in [2.24, 2.45) is 11.7 Å². The molecule has 1 heterocycles. The van der Waals surface area contributed by atoms with Crippen molar-refractivity contribution >= 4 is 5.91 Å². The van der Waals surface area contributed by atoms with E-state index in [1.165, 1.54) is 10.5 Å². The summed E-state index contributed by atoms with van der Waals surface area (Å²) in [5, 5.41) is 0. The molecule has 3 N–H and O–H groups in total. The van der Waals surface area contributed by atoms with Gasteiger partial charge in [-0.15, -0.1) is 0 Å². The minimum absolute atomic E-state index is 0.0843. The lowest BCUT2D eigenvalue weighted by molar-refractivity contribution is -0.905. The Morgan fingerprint density at radius 3 is 2.68 bits per heavy atom. The van der Waals surface area contributed by atoms with Gasteiger partial charge in [0.15, 0.2) is 0 Å². The van der Waals surface area contributed by atoms with Gasteiger partial charge in [0.05, 0.1) is 13.1 Å². The molecule has 0 atom stereocenters. The summed E-state index contributed by atoms with van der Waals surface area (Å²) < 4.78 is 5.80. The number of rotatable bonds is 5. The number of ether oxygens (including phenoxy) is 1. The number of aryl methyl sites for hydroxylation is 1. The Morgan fingerprint density at radius 2 is 2.05 bits per heavy atom. The summed E-state index contributed by atoms with van der Waals surface area (Å²) in [5.74, 6) is 0.908. The van der Waals surface area contributed by atoms with Gasteiger partial charge in [-0.25, -0.2) is 0 Å². The molecule has 19 heavy (non-hydrogen) atoms. The number of primary amides is 1. The fourth-order valence-electron chi connectivity index (χ4n) is 2.58. The summed E-state index contributed by atoms with van der Waals surface area (Å²) in [5.41, 5.74) is 6.50. The van der Waals surface area contributed by atoms with Gasteiger partial charge in [-0.2, -0.15) is 0 Å². The SMILES string of the molecule is Cc1ccccc1OCC[NH+]1CCC(C(N)=O)CC1. The average molecular weight is 263 g/mol. The lowest BCUT2D eigenvalue weighted by atomic mass is 9.96. The molecule has 4 nitrogen and oxygen atoms in total. The van der Waals surface area contributed by atoms with Gasteiger partial charge in [0, 0.05) is 18.8 Å². The Balaban J connectivity index is 1.70. The maximum Gasteiger partial charge on any atom is 0.220 e. The van der Waals surface area contributed by atoms with E-state index in [-0.39, 0.29) is 11.8 Å². The lowest BCUT2D eigenvalue weighted by Crippen LogP contribution is -3.13. The van der Waals surface area contributed by atoms with Gasteiger partial charge in [-0.3, -0.25) is 4.79 Å². The first kappa shape index (κ1) is 13.9. The number of piperidine rings is 1. The first-order valence-electron chi connectivity index (χ1n) is 6.98. The van der Waals surface area contributed by atoms with Crippen LogP contribution in [0.25, 0.3) is 0 Å². The van der Waals surface area contributed by atoms with Gasteiger partial charge in [0.25, 0.3) is 0 Å². The van der Waals surface area contributed by atoms with Crippen LogP contribution in [0.3, 0.4) is 0 Å². The Kier molecular flexibility index (Phi) is 4.80. The van der Waals surface area contributed by atoms with Crippen molar-refractivity contribution in [1.82, 2.24) is 0 Å². The van der Waals surface area contributed by atoms with E-state index in [1.54, 1.807) is 0 Å². The predicted molar refractivity (Wildman–Crippen MR) is 74.2 cm³/mol. The van der Waals surface area contributed by atoms with E-state index in [0.29, 0.717) is 0 Å². The van der Waals surface area contributed by atoms with Crippen molar-refractivity contribution in [3.63, 3.8) is 0 Å². The molecule has 1 aromatic carbocycles. The number of amides is 1. The Morgan fingerprint density at radius 1 is 1.37 bits per heavy atom. The molecule has 0 unspecified atom stereocenters. The highest BCUT2D eigenvalue weighted by atomic mass is 16.5. The van der Waals surface area contributed by atoms with Crippen molar-refractivity contribution < 1.29 is 14.4 Å². The predicted octanol–water partition coefficient (Wildman–Crippen LogP) is 0.154. The number of hydrogen-bond acceptors (Lipinski definition) is 2. The van der Waals surface area contributed by atoms with Gasteiger partial charge >= 0.3 is 0 Å². The number of para-hydroxylation sites is 1. The van der Waals surface area contributed by atoms with Gasteiger partial charge in [0.2, 0.25) is 5.91 Å². The van der Waals surface area contributed by atoms with E-state index in [0.717, 1.165) is 44.8 Å². The first-order chi connectivity index (χ1) is 9.16. The molecule has 1 aromatic rings. The van der Waals surface area contributed by atoms with Crippen molar-refractivity contribution in [3.8, 4) is 5.75 Å². The van der Waals surface area contributed by atoms with Crippen molar-refractivity contribution in [2.75, 3.05) is 26.2 Å². The van der Waals surface area contributed by atoms with Crippen LogP contribution >= 0.6 is 0 Å². The summed E-state index contributed by atoms with van der Waals surface area (Å²) in [4.78, 5) is 12.6. The third kappa shape index (κ3) is 3.96. The van der Waals surface area contributed by atoms with Crippen molar-refractivity contribution in [2.45, 2.75) is 19.8 Å². The highest BCUT2D eigenvalue weighted by molar-refractivity contribution is 5.76. The zero-order valence-corrected chi connectivity index (χ0v) is 11.5. The lowest BCUT2D eigenvalue weighted by Gasteiger charge is -2.27. The summed E-state index contributed by atoms with van der Waals surface area (Å²) in [6.07, 6.45) is 1.82. The molecule has 0 radical (unpaired) electrons.